The number of rotatable bonds is 3. The minimum absolute atomic E-state index is 0.489. The summed E-state index contributed by atoms with van der Waals surface area (Å²) < 4.78 is 6.41. The molecule has 2 aromatic rings. The van der Waals surface area contributed by atoms with Crippen molar-refractivity contribution in [2.24, 2.45) is 0 Å². The SMILES string of the molecule is COc1cccc2sc(CC=O)cc12. The average molecular weight is 206 g/mol. The van der Waals surface area contributed by atoms with Crippen molar-refractivity contribution in [2.75, 3.05) is 7.11 Å². The van der Waals surface area contributed by atoms with Crippen LogP contribution >= 0.6 is 11.3 Å². The Morgan fingerprint density at radius 3 is 3.07 bits per heavy atom. The molecule has 0 saturated carbocycles. The van der Waals surface area contributed by atoms with Crippen LogP contribution < -0.4 is 4.74 Å². The van der Waals surface area contributed by atoms with Crippen LogP contribution in [0.3, 0.4) is 0 Å². The first-order chi connectivity index (χ1) is 6.85. The Kier molecular flexibility index (Phi) is 2.50. The highest BCUT2D eigenvalue weighted by molar-refractivity contribution is 7.19. The standard InChI is InChI=1S/C11H10O2S/c1-13-10-3-2-4-11-9(10)7-8(14-11)5-6-12/h2-4,6-7H,5H2,1H3. The largest absolute Gasteiger partial charge is 0.496 e. The summed E-state index contributed by atoms with van der Waals surface area (Å²) in [6.07, 6.45) is 1.42. The smallest absolute Gasteiger partial charge is 0.127 e. The second kappa shape index (κ2) is 3.80. The molecule has 0 N–H and O–H groups in total. The van der Waals surface area contributed by atoms with Gasteiger partial charge in [0.05, 0.1) is 7.11 Å². The maximum atomic E-state index is 10.4. The molecule has 0 spiro atoms. The summed E-state index contributed by atoms with van der Waals surface area (Å²) in [6.45, 7) is 0. The Hall–Kier alpha value is -1.35. The molecular formula is C11H10O2S. The van der Waals surface area contributed by atoms with Crippen molar-refractivity contribution < 1.29 is 9.53 Å². The van der Waals surface area contributed by atoms with Gasteiger partial charge in [-0.05, 0) is 18.2 Å². The van der Waals surface area contributed by atoms with E-state index in [4.69, 9.17) is 4.74 Å². The molecule has 0 saturated heterocycles. The Labute approximate surface area is 86.1 Å². The number of aldehydes is 1. The van der Waals surface area contributed by atoms with Crippen molar-refractivity contribution in [1.29, 1.82) is 0 Å². The summed E-state index contributed by atoms with van der Waals surface area (Å²) in [6, 6.07) is 7.95. The van der Waals surface area contributed by atoms with Gasteiger partial charge < -0.3 is 9.53 Å². The molecule has 1 aromatic heterocycles. The molecule has 2 rings (SSSR count). The molecule has 0 bridgehead atoms. The number of methoxy groups -OCH3 is 1. The molecule has 0 aliphatic heterocycles. The summed E-state index contributed by atoms with van der Waals surface area (Å²) in [7, 11) is 1.66. The molecule has 0 unspecified atom stereocenters. The fraction of sp³-hybridized carbons (Fsp3) is 0.182. The van der Waals surface area contributed by atoms with E-state index in [2.05, 4.69) is 0 Å². The zero-order valence-electron chi connectivity index (χ0n) is 7.82. The van der Waals surface area contributed by atoms with Gasteiger partial charge in [-0.3, -0.25) is 0 Å². The summed E-state index contributed by atoms with van der Waals surface area (Å²) >= 11 is 1.64. The van der Waals surface area contributed by atoms with Crippen molar-refractivity contribution in [3.8, 4) is 5.75 Å². The number of benzene rings is 1. The van der Waals surface area contributed by atoms with Crippen LogP contribution in [0.4, 0.5) is 0 Å². The van der Waals surface area contributed by atoms with Gasteiger partial charge in [0, 0.05) is 21.4 Å². The number of hydrogen-bond acceptors (Lipinski definition) is 3. The monoisotopic (exact) mass is 206 g/mol. The highest BCUT2D eigenvalue weighted by atomic mass is 32.1. The summed E-state index contributed by atoms with van der Waals surface area (Å²) in [5, 5.41) is 1.09. The second-order valence-electron chi connectivity index (χ2n) is 2.96. The van der Waals surface area contributed by atoms with Gasteiger partial charge in [-0.2, -0.15) is 0 Å². The summed E-state index contributed by atoms with van der Waals surface area (Å²) in [5.41, 5.74) is 0. The van der Waals surface area contributed by atoms with Gasteiger partial charge in [0.2, 0.25) is 0 Å². The fourth-order valence-corrected chi connectivity index (χ4v) is 2.47. The minimum atomic E-state index is 0.489. The Morgan fingerprint density at radius 1 is 1.50 bits per heavy atom. The van der Waals surface area contributed by atoms with Crippen molar-refractivity contribution in [1.82, 2.24) is 0 Å². The van der Waals surface area contributed by atoms with Gasteiger partial charge in [0.15, 0.2) is 0 Å². The van der Waals surface area contributed by atoms with E-state index in [0.29, 0.717) is 6.42 Å². The molecule has 0 radical (unpaired) electrons. The van der Waals surface area contributed by atoms with Gasteiger partial charge in [0.1, 0.15) is 12.0 Å². The topological polar surface area (TPSA) is 26.3 Å². The lowest BCUT2D eigenvalue weighted by Crippen LogP contribution is -1.81. The lowest BCUT2D eigenvalue weighted by atomic mass is 10.2. The van der Waals surface area contributed by atoms with Crippen LogP contribution in [-0.2, 0) is 11.2 Å². The summed E-state index contributed by atoms with van der Waals surface area (Å²) in [4.78, 5) is 11.5. The molecule has 72 valence electrons. The van der Waals surface area contributed by atoms with Gasteiger partial charge in [0.25, 0.3) is 0 Å². The Bertz CT molecular complexity index is 459. The third-order valence-electron chi connectivity index (χ3n) is 2.08. The molecule has 3 heteroatoms. The van der Waals surface area contributed by atoms with Crippen LogP contribution in [0.5, 0.6) is 5.75 Å². The lowest BCUT2D eigenvalue weighted by Gasteiger charge is -1.99. The van der Waals surface area contributed by atoms with Crippen LogP contribution in [0.15, 0.2) is 24.3 Å². The number of thiophene rings is 1. The minimum Gasteiger partial charge on any atom is -0.496 e. The maximum Gasteiger partial charge on any atom is 0.127 e. The van der Waals surface area contributed by atoms with Crippen LogP contribution in [0, 0.1) is 0 Å². The van der Waals surface area contributed by atoms with Gasteiger partial charge >= 0.3 is 0 Å². The van der Waals surface area contributed by atoms with E-state index in [9.17, 15) is 4.79 Å². The van der Waals surface area contributed by atoms with E-state index < -0.39 is 0 Å². The van der Waals surface area contributed by atoms with Gasteiger partial charge in [-0.25, -0.2) is 0 Å². The average Bonchev–Trinajstić information content (AvgIpc) is 2.60. The van der Waals surface area contributed by atoms with Crippen LogP contribution in [0.2, 0.25) is 0 Å². The number of hydrogen-bond donors (Lipinski definition) is 0. The number of ether oxygens (including phenoxy) is 1. The number of fused-ring (bicyclic) bond motifs is 1. The molecular weight excluding hydrogens is 196 g/mol. The predicted molar refractivity (Wildman–Crippen MR) is 58.1 cm³/mol. The van der Waals surface area contributed by atoms with Crippen LogP contribution in [0.25, 0.3) is 10.1 Å². The third kappa shape index (κ3) is 1.51. The van der Waals surface area contributed by atoms with Crippen LogP contribution in [0.1, 0.15) is 4.88 Å². The molecule has 1 aromatic carbocycles. The number of carbonyl (C=O) groups excluding carboxylic acids is 1. The van der Waals surface area contributed by atoms with Crippen molar-refractivity contribution >= 4 is 27.7 Å². The molecule has 14 heavy (non-hydrogen) atoms. The van der Waals surface area contributed by atoms with E-state index in [1.807, 2.05) is 24.3 Å². The molecule has 0 amide bonds. The van der Waals surface area contributed by atoms with Gasteiger partial charge in [-0.15, -0.1) is 11.3 Å². The third-order valence-corrected chi connectivity index (χ3v) is 3.20. The molecule has 0 atom stereocenters. The zero-order chi connectivity index (χ0) is 9.97. The van der Waals surface area contributed by atoms with E-state index in [-0.39, 0.29) is 0 Å². The number of carbonyl (C=O) groups is 1. The molecule has 0 aliphatic carbocycles. The second-order valence-corrected chi connectivity index (χ2v) is 4.12. The van der Waals surface area contributed by atoms with E-state index >= 15 is 0 Å². The molecule has 2 nitrogen and oxygen atoms in total. The first-order valence-corrected chi connectivity index (χ1v) is 5.16. The van der Waals surface area contributed by atoms with Crippen molar-refractivity contribution in [3.05, 3.63) is 29.1 Å². The van der Waals surface area contributed by atoms with E-state index in [0.717, 1.165) is 22.3 Å². The molecule has 0 aliphatic rings. The highest BCUT2D eigenvalue weighted by Crippen LogP contribution is 2.32. The first-order valence-electron chi connectivity index (χ1n) is 4.34. The zero-order valence-corrected chi connectivity index (χ0v) is 8.64. The van der Waals surface area contributed by atoms with Crippen molar-refractivity contribution in [2.45, 2.75) is 6.42 Å². The first kappa shape index (κ1) is 9.21. The maximum absolute atomic E-state index is 10.4. The lowest BCUT2D eigenvalue weighted by molar-refractivity contribution is -0.107. The van der Waals surface area contributed by atoms with E-state index in [1.54, 1.807) is 18.4 Å². The Balaban J connectivity index is 2.57. The normalized spacial score (nSPS) is 10.4. The van der Waals surface area contributed by atoms with E-state index in [1.165, 1.54) is 4.70 Å². The molecule has 1 heterocycles. The van der Waals surface area contributed by atoms with Crippen molar-refractivity contribution in [3.63, 3.8) is 0 Å². The predicted octanol–water partition coefficient (Wildman–Crippen LogP) is 2.65. The Morgan fingerprint density at radius 2 is 2.36 bits per heavy atom. The van der Waals surface area contributed by atoms with Crippen LogP contribution in [-0.4, -0.2) is 13.4 Å². The van der Waals surface area contributed by atoms with Gasteiger partial charge in [-0.1, -0.05) is 6.07 Å². The highest BCUT2D eigenvalue weighted by Gasteiger charge is 2.05. The molecule has 0 fully saturated rings. The summed E-state index contributed by atoms with van der Waals surface area (Å²) in [5.74, 6) is 0.871. The quantitative estimate of drug-likeness (QED) is 0.722. The fourth-order valence-electron chi connectivity index (χ4n) is 1.45.